The maximum absolute atomic E-state index is 11.9. The molecule has 2 aromatic carbocycles. The van der Waals surface area contributed by atoms with Crippen molar-refractivity contribution < 1.29 is 23.9 Å². The number of aryl methyl sites for hydroxylation is 1. The zero-order chi connectivity index (χ0) is 21.7. The van der Waals surface area contributed by atoms with Crippen LogP contribution in [0.25, 0.3) is 6.08 Å². The van der Waals surface area contributed by atoms with E-state index in [9.17, 15) is 25.0 Å². The summed E-state index contributed by atoms with van der Waals surface area (Å²) in [5.74, 6) is 0.631. The summed E-state index contributed by atoms with van der Waals surface area (Å²) in [5, 5.41) is 28.2. The maximum Gasteiger partial charge on any atom is 0.280 e. The van der Waals surface area contributed by atoms with Crippen LogP contribution >= 0.6 is 0 Å². The first-order valence-corrected chi connectivity index (χ1v) is 8.44. The summed E-state index contributed by atoms with van der Waals surface area (Å²) in [6.07, 6.45) is 2.80. The van der Waals surface area contributed by atoms with Gasteiger partial charge in [-0.05, 0) is 30.7 Å². The highest BCUT2D eigenvalue weighted by atomic mass is 16.6. The van der Waals surface area contributed by atoms with Gasteiger partial charge in [0, 0.05) is 12.1 Å². The second-order valence-electron chi connectivity index (χ2n) is 6.02. The highest BCUT2D eigenvalue weighted by Gasteiger charge is 2.17. The number of amides is 1. The number of aromatic nitrogens is 1. The smallest absolute Gasteiger partial charge is 0.280 e. The first-order valence-electron chi connectivity index (χ1n) is 8.44. The standard InChI is InChI=1S/C19H14N4O7/c1-12-7-18(21-30-12)20-19(24)6-5-13-3-2-4-16(8-13)29-17-10-14(22(25)26)9-15(11-17)23(27)28/h2-11H,1H3,(H,20,21,24). The number of nitro benzene ring substituents is 2. The van der Waals surface area contributed by atoms with E-state index in [1.54, 1.807) is 37.3 Å². The van der Waals surface area contributed by atoms with E-state index in [0.29, 0.717) is 11.3 Å². The number of hydrogen-bond acceptors (Lipinski definition) is 8. The van der Waals surface area contributed by atoms with Gasteiger partial charge >= 0.3 is 0 Å². The lowest BCUT2D eigenvalue weighted by atomic mass is 10.2. The first-order chi connectivity index (χ1) is 14.3. The van der Waals surface area contributed by atoms with Crippen LogP contribution in [0.2, 0.25) is 0 Å². The zero-order valence-electron chi connectivity index (χ0n) is 15.5. The van der Waals surface area contributed by atoms with Crippen LogP contribution in [-0.2, 0) is 4.79 Å². The zero-order valence-corrected chi connectivity index (χ0v) is 15.5. The van der Waals surface area contributed by atoms with Crippen molar-refractivity contribution >= 4 is 29.2 Å². The molecule has 3 aromatic rings. The molecule has 1 aromatic heterocycles. The van der Waals surface area contributed by atoms with Crippen molar-refractivity contribution in [3.63, 3.8) is 0 Å². The molecule has 0 fully saturated rings. The molecular weight excluding hydrogens is 396 g/mol. The van der Waals surface area contributed by atoms with Crippen LogP contribution in [0.15, 0.2) is 59.1 Å². The van der Waals surface area contributed by atoms with Gasteiger partial charge in [-0.1, -0.05) is 17.3 Å². The third-order valence-corrected chi connectivity index (χ3v) is 3.70. The molecular formula is C19H14N4O7. The number of carbonyl (C=O) groups is 1. The summed E-state index contributed by atoms with van der Waals surface area (Å²) in [7, 11) is 0. The number of nitro groups is 2. The minimum Gasteiger partial charge on any atom is -0.457 e. The minimum absolute atomic E-state index is 0.0591. The average molecular weight is 410 g/mol. The topological polar surface area (TPSA) is 151 Å². The second-order valence-corrected chi connectivity index (χ2v) is 6.02. The van der Waals surface area contributed by atoms with E-state index in [1.165, 1.54) is 12.2 Å². The van der Waals surface area contributed by atoms with Crippen LogP contribution in [0.3, 0.4) is 0 Å². The molecule has 0 spiro atoms. The van der Waals surface area contributed by atoms with Gasteiger partial charge in [-0.2, -0.15) is 0 Å². The molecule has 0 radical (unpaired) electrons. The van der Waals surface area contributed by atoms with Crippen molar-refractivity contribution in [3.8, 4) is 11.5 Å². The Hall–Kier alpha value is -4.54. The molecule has 0 bridgehead atoms. The largest absolute Gasteiger partial charge is 0.457 e. The molecule has 11 heteroatoms. The van der Waals surface area contributed by atoms with Crippen LogP contribution < -0.4 is 10.1 Å². The summed E-state index contributed by atoms with van der Waals surface area (Å²) < 4.78 is 10.4. The Morgan fingerprint density at radius 3 is 2.37 bits per heavy atom. The molecule has 0 unspecified atom stereocenters. The van der Waals surface area contributed by atoms with Crippen molar-refractivity contribution in [2.45, 2.75) is 6.92 Å². The van der Waals surface area contributed by atoms with Crippen LogP contribution in [0.4, 0.5) is 17.2 Å². The van der Waals surface area contributed by atoms with Crippen LogP contribution in [0, 0.1) is 27.2 Å². The van der Waals surface area contributed by atoms with Crippen LogP contribution in [0.5, 0.6) is 11.5 Å². The predicted octanol–water partition coefficient (Wildman–Crippen LogP) is 4.24. The molecule has 1 N–H and O–H groups in total. The van der Waals surface area contributed by atoms with Gasteiger partial charge in [0.2, 0.25) is 5.91 Å². The first kappa shape index (κ1) is 20.2. The van der Waals surface area contributed by atoms with Gasteiger partial charge in [0.25, 0.3) is 11.4 Å². The molecule has 152 valence electrons. The highest BCUT2D eigenvalue weighted by Crippen LogP contribution is 2.31. The van der Waals surface area contributed by atoms with E-state index in [2.05, 4.69) is 10.5 Å². The van der Waals surface area contributed by atoms with E-state index in [1.807, 2.05) is 0 Å². The molecule has 0 saturated heterocycles. The van der Waals surface area contributed by atoms with Gasteiger partial charge < -0.3 is 14.6 Å². The van der Waals surface area contributed by atoms with E-state index in [0.717, 1.165) is 18.2 Å². The van der Waals surface area contributed by atoms with E-state index < -0.39 is 27.1 Å². The maximum atomic E-state index is 11.9. The van der Waals surface area contributed by atoms with Gasteiger partial charge in [-0.15, -0.1) is 0 Å². The van der Waals surface area contributed by atoms with Gasteiger partial charge in [0.05, 0.1) is 28.0 Å². The lowest BCUT2D eigenvalue weighted by Crippen LogP contribution is -2.07. The van der Waals surface area contributed by atoms with Crippen molar-refractivity contribution in [2.75, 3.05) is 5.32 Å². The Balaban J connectivity index is 1.75. The molecule has 0 aliphatic heterocycles. The molecule has 11 nitrogen and oxygen atoms in total. The number of nitrogens with one attached hydrogen (secondary N) is 1. The Morgan fingerprint density at radius 1 is 1.07 bits per heavy atom. The fourth-order valence-electron chi connectivity index (χ4n) is 2.42. The quantitative estimate of drug-likeness (QED) is 0.345. The van der Waals surface area contributed by atoms with Crippen LogP contribution in [-0.4, -0.2) is 20.9 Å². The molecule has 1 amide bonds. The van der Waals surface area contributed by atoms with Gasteiger partial charge in [-0.3, -0.25) is 25.0 Å². The normalized spacial score (nSPS) is 10.7. The number of anilines is 1. The lowest BCUT2D eigenvalue weighted by molar-refractivity contribution is -0.394. The summed E-state index contributed by atoms with van der Waals surface area (Å²) in [6, 6.07) is 11.1. The molecule has 30 heavy (non-hydrogen) atoms. The number of nitrogens with zero attached hydrogens (tertiary/aromatic N) is 3. The number of ether oxygens (including phenoxy) is 1. The number of hydrogen-bond donors (Lipinski definition) is 1. The summed E-state index contributed by atoms with van der Waals surface area (Å²) in [4.78, 5) is 32.4. The van der Waals surface area contributed by atoms with E-state index in [4.69, 9.17) is 9.26 Å². The lowest BCUT2D eigenvalue weighted by Gasteiger charge is -2.06. The Morgan fingerprint density at radius 2 is 1.77 bits per heavy atom. The van der Waals surface area contributed by atoms with Gasteiger partial charge in [0.1, 0.15) is 17.3 Å². The number of benzene rings is 2. The van der Waals surface area contributed by atoms with E-state index in [-0.39, 0.29) is 17.3 Å². The molecule has 0 aliphatic carbocycles. The SMILES string of the molecule is Cc1cc(NC(=O)C=Cc2cccc(Oc3cc([N+](=O)[O-])cc([N+](=O)[O-])c3)c2)no1. The van der Waals surface area contributed by atoms with Gasteiger partial charge in [-0.25, -0.2) is 0 Å². The number of non-ortho nitro benzene ring substituents is 2. The van der Waals surface area contributed by atoms with Gasteiger partial charge in [0.15, 0.2) is 5.82 Å². The molecule has 0 aliphatic rings. The predicted molar refractivity (Wildman–Crippen MR) is 105 cm³/mol. The third-order valence-electron chi connectivity index (χ3n) is 3.70. The van der Waals surface area contributed by atoms with Crippen molar-refractivity contribution in [1.29, 1.82) is 0 Å². The van der Waals surface area contributed by atoms with Crippen molar-refractivity contribution in [2.24, 2.45) is 0 Å². The summed E-state index contributed by atoms with van der Waals surface area (Å²) in [6.45, 7) is 1.69. The minimum atomic E-state index is -0.742. The number of carbonyl (C=O) groups excluding carboxylic acids is 1. The van der Waals surface area contributed by atoms with Crippen LogP contribution in [0.1, 0.15) is 11.3 Å². The summed E-state index contributed by atoms with van der Waals surface area (Å²) in [5.41, 5.74) is -0.330. The van der Waals surface area contributed by atoms with E-state index >= 15 is 0 Å². The number of rotatable bonds is 7. The summed E-state index contributed by atoms with van der Waals surface area (Å²) >= 11 is 0. The Kier molecular flexibility index (Phi) is 5.82. The highest BCUT2D eigenvalue weighted by molar-refractivity contribution is 6.01. The third kappa shape index (κ3) is 5.25. The monoisotopic (exact) mass is 410 g/mol. The molecule has 3 rings (SSSR count). The van der Waals surface area contributed by atoms with Crippen molar-refractivity contribution in [3.05, 3.63) is 86.2 Å². The Labute approximate surface area is 168 Å². The fourth-order valence-corrected chi connectivity index (χ4v) is 2.42. The average Bonchev–Trinajstić information content (AvgIpc) is 3.11. The Bertz CT molecular complexity index is 1120. The molecule has 0 saturated carbocycles. The second kappa shape index (κ2) is 8.65. The molecule has 1 heterocycles. The molecule has 0 atom stereocenters. The van der Waals surface area contributed by atoms with Crippen molar-refractivity contribution in [1.82, 2.24) is 5.16 Å². The fraction of sp³-hybridized carbons (Fsp3) is 0.0526.